The average Bonchev–Trinajstić information content (AvgIpc) is 2.51. The van der Waals surface area contributed by atoms with Gasteiger partial charge in [0.1, 0.15) is 12.6 Å². The third kappa shape index (κ3) is 7.44. The van der Waals surface area contributed by atoms with Crippen LogP contribution in [0.5, 0.6) is 0 Å². The molecule has 1 atom stereocenters. The van der Waals surface area contributed by atoms with Crippen molar-refractivity contribution in [3.05, 3.63) is 0 Å². The molecule has 1 saturated carbocycles. The fourth-order valence-electron chi connectivity index (χ4n) is 2.92. The van der Waals surface area contributed by atoms with E-state index in [0.29, 0.717) is 24.7 Å². The minimum atomic E-state index is -0.504. The number of hydrogen-bond acceptors (Lipinski definition) is 3. The van der Waals surface area contributed by atoms with Crippen molar-refractivity contribution in [2.45, 2.75) is 71.3 Å². The minimum absolute atomic E-state index is 0.0120. The van der Waals surface area contributed by atoms with Crippen LogP contribution in [0, 0.1) is 23.2 Å². The second-order valence-corrected chi connectivity index (χ2v) is 6.67. The molecule has 0 heterocycles. The Balaban J connectivity index is 2.54. The van der Waals surface area contributed by atoms with E-state index < -0.39 is 6.04 Å². The van der Waals surface area contributed by atoms with Gasteiger partial charge in [-0.1, -0.05) is 46.0 Å². The zero-order valence-electron chi connectivity index (χ0n) is 13.9. The lowest BCUT2D eigenvalue weighted by Crippen LogP contribution is -2.48. The summed E-state index contributed by atoms with van der Waals surface area (Å²) in [5.41, 5.74) is 0. The number of hydrogen-bond donors (Lipinski definition) is 2. The zero-order chi connectivity index (χ0) is 16.4. The SMILES string of the molecule is CC(C)CCC(=O)N[C@@H](CC1CCCCC1)C(=O)NCC#N. The molecule has 0 spiro atoms. The molecule has 1 rings (SSSR count). The number of amides is 2. The highest BCUT2D eigenvalue weighted by molar-refractivity contribution is 5.87. The molecule has 1 fully saturated rings. The number of nitrogens with zero attached hydrogens (tertiary/aromatic N) is 1. The van der Waals surface area contributed by atoms with Crippen LogP contribution in [-0.2, 0) is 9.59 Å². The first-order valence-corrected chi connectivity index (χ1v) is 8.47. The van der Waals surface area contributed by atoms with Gasteiger partial charge in [-0.3, -0.25) is 9.59 Å². The van der Waals surface area contributed by atoms with Gasteiger partial charge in [-0.05, 0) is 24.7 Å². The third-order valence-electron chi connectivity index (χ3n) is 4.24. The molecule has 0 unspecified atom stereocenters. The first kappa shape index (κ1) is 18.5. The van der Waals surface area contributed by atoms with Crippen molar-refractivity contribution in [3.8, 4) is 6.07 Å². The summed E-state index contributed by atoms with van der Waals surface area (Å²) in [5.74, 6) is 0.665. The van der Waals surface area contributed by atoms with E-state index in [1.807, 2.05) is 6.07 Å². The Bertz CT molecular complexity index is 395. The Labute approximate surface area is 133 Å². The van der Waals surface area contributed by atoms with Crippen molar-refractivity contribution < 1.29 is 9.59 Å². The summed E-state index contributed by atoms with van der Waals surface area (Å²) in [6, 6.07) is 1.40. The molecule has 2 amide bonds. The van der Waals surface area contributed by atoms with Crippen LogP contribution in [0.2, 0.25) is 0 Å². The van der Waals surface area contributed by atoms with Crippen LogP contribution in [0.1, 0.15) is 65.2 Å². The molecule has 0 aliphatic heterocycles. The summed E-state index contributed by atoms with van der Waals surface area (Å²) < 4.78 is 0. The highest BCUT2D eigenvalue weighted by atomic mass is 16.2. The quantitative estimate of drug-likeness (QED) is 0.676. The van der Waals surface area contributed by atoms with E-state index in [1.165, 1.54) is 19.3 Å². The molecule has 0 aromatic carbocycles. The minimum Gasteiger partial charge on any atom is -0.344 e. The van der Waals surface area contributed by atoms with Gasteiger partial charge in [-0.15, -0.1) is 0 Å². The normalized spacial score (nSPS) is 16.8. The van der Waals surface area contributed by atoms with Gasteiger partial charge in [0, 0.05) is 6.42 Å². The average molecular weight is 307 g/mol. The van der Waals surface area contributed by atoms with Crippen LogP contribution >= 0.6 is 0 Å². The molecule has 0 aromatic rings. The Morgan fingerprint density at radius 3 is 2.50 bits per heavy atom. The Hall–Kier alpha value is -1.57. The van der Waals surface area contributed by atoms with Crippen LogP contribution < -0.4 is 10.6 Å². The lowest BCUT2D eigenvalue weighted by molar-refractivity contribution is -0.129. The standard InChI is InChI=1S/C17H29N3O2/c1-13(2)8-9-16(21)20-15(17(22)19-11-10-18)12-14-6-4-3-5-7-14/h13-15H,3-9,11-12H2,1-2H3,(H,19,22)(H,20,21)/t15-/m0/s1. The Morgan fingerprint density at radius 1 is 1.23 bits per heavy atom. The van der Waals surface area contributed by atoms with Crippen molar-refractivity contribution in [3.63, 3.8) is 0 Å². The van der Waals surface area contributed by atoms with Gasteiger partial charge in [0.05, 0.1) is 6.07 Å². The Kier molecular flexibility index (Phi) is 8.57. The number of nitriles is 1. The van der Waals surface area contributed by atoms with Crippen LogP contribution in [0.15, 0.2) is 0 Å². The summed E-state index contributed by atoms with van der Waals surface area (Å²) in [7, 11) is 0. The van der Waals surface area contributed by atoms with Crippen molar-refractivity contribution in [2.75, 3.05) is 6.54 Å². The molecular formula is C17H29N3O2. The largest absolute Gasteiger partial charge is 0.344 e. The zero-order valence-corrected chi connectivity index (χ0v) is 13.9. The van der Waals surface area contributed by atoms with Crippen LogP contribution in [0.25, 0.3) is 0 Å². The first-order chi connectivity index (χ1) is 10.5. The van der Waals surface area contributed by atoms with Crippen LogP contribution in [-0.4, -0.2) is 24.4 Å². The van der Waals surface area contributed by atoms with E-state index in [4.69, 9.17) is 5.26 Å². The predicted octanol–water partition coefficient (Wildman–Crippen LogP) is 2.52. The van der Waals surface area contributed by atoms with E-state index in [2.05, 4.69) is 24.5 Å². The van der Waals surface area contributed by atoms with Crippen LogP contribution in [0.4, 0.5) is 0 Å². The summed E-state index contributed by atoms with van der Waals surface area (Å²) in [5, 5.41) is 14.0. The summed E-state index contributed by atoms with van der Waals surface area (Å²) >= 11 is 0. The van der Waals surface area contributed by atoms with Gasteiger partial charge in [0.2, 0.25) is 11.8 Å². The van der Waals surface area contributed by atoms with Crippen molar-refractivity contribution >= 4 is 11.8 Å². The molecule has 5 nitrogen and oxygen atoms in total. The van der Waals surface area contributed by atoms with Gasteiger partial charge in [-0.2, -0.15) is 5.26 Å². The monoisotopic (exact) mass is 307 g/mol. The molecule has 22 heavy (non-hydrogen) atoms. The van der Waals surface area contributed by atoms with Gasteiger partial charge in [-0.25, -0.2) is 0 Å². The van der Waals surface area contributed by atoms with E-state index in [1.54, 1.807) is 0 Å². The van der Waals surface area contributed by atoms with E-state index in [-0.39, 0.29) is 18.4 Å². The second-order valence-electron chi connectivity index (χ2n) is 6.67. The van der Waals surface area contributed by atoms with E-state index in [9.17, 15) is 9.59 Å². The van der Waals surface area contributed by atoms with Crippen LogP contribution in [0.3, 0.4) is 0 Å². The summed E-state index contributed by atoms with van der Waals surface area (Å²) in [4.78, 5) is 24.2. The number of carbonyl (C=O) groups is 2. The van der Waals surface area contributed by atoms with Crippen molar-refractivity contribution in [2.24, 2.45) is 11.8 Å². The molecule has 0 aromatic heterocycles. The maximum Gasteiger partial charge on any atom is 0.243 e. The van der Waals surface area contributed by atoms with Crippen molar-refractivity contribution in [1.29, 1.82) is 5.26 Å². The molecule has 0 radical (unpaired) electrons. The molecule has 1 aliphatic rings. The first-order valence-electron chi connectivity index (χ1n) is 8.47. The topological polar surface area (TPSA) is 82.0 Å². The van der Waals surface area contributed by atoms with Gasteiger partial charge < -0.3 is 10.6 Å². The summed E-state index contributed by atoms with van der Waals surface area (Å²) in [6.45, 7) is 4.14. The molecule has 0 saturated heterocycles. The highest BCUT2D eigenvalue weighted by Gasteiger charge is 2.25. The predicted molar refractivity (Wildman–Crippen MR) is 85.8 cm³/mol. The third-order valence-corrected chi connectivity index (χ3v) is 4.24. The fraction of sp³-hybridized carbons (Fsp3) is 0.824. The van der Waals surface area contributed by atoms with E-state index >= 15 is 0 Å². The van der Waals surface area contributed by atoms with E-state index in [0.717, 1.165) is 19.3 Å². The van der Waals surface area contributed by atoms with Gasteiger partial charge >= 0.3 is 0 Å². The maximum absolute atomic E-state index is 12.2. The Morgan fingerprint density at radius 2 is 1.91 bits per heavy atom. The van der Waals surface area contributed by atoms with Crippen molar-refractivity contribution in [1.82, 2.24) is 10.6 Å². The molecule has 124 valence electrons. The number of nitrogens with one attached hydrogen (secondary N) is 2. The molecule has 5 heteroatoms. The highest BCUT2D eigenvalue weighted by Crippen LogP contribution is 2.27. The second kappa shape index (κ2) is 10.2. The lowest BCUT2D eigenvalue weighted by atomic mass is 9.84. The lowest BCUT2D eigenvalue weighted by Gasteiger charge is -2.26. The summed E-state index contributed by atoms with van der Waals surface area (Å²) in [6.07, 6.45) is 7.89. The molecular weight excluding hydrogens is 278 g/mol. The molecule has 1 aliphatic carbocycles. The number of carbonyl (C=O) groups excluding carboxylic acids is 2. The number of rotatable bonds is 8. The fourth-order valence-corrected chi connectivity index (χ4v) is 2.92. The van der Waals surface area contributed by atoms with Gasteiger partial charge in [0.25, 0.3) is 0 Å². The smallest absolute Gasteiger partial charge is 0.243 e. The molecule has 2 N–H and O–H groups in total. The van der Waals surface area contributed by atoms with Gasteiger partial charge in [0.15, 0.2) is 0 Å². The maximum atomic E-state index is 12.2. The molecule has 0 bridgehead atoms.